The Hall–Kier alpha value is -2.61. The third-order valence-electron chi connectivity index (χ3n) is 3.31. The molecule has 1 aromatic heterocycles. The van der Waals surface area contributed by atoms with Crippen molar-refractivity contribution in [3.8, 4) is 28.0 Å². The molecule has 1 heterocycles. The molecule has 0 aliphatic heterocycles. The summed E-state index contributed by atoms with van der Waals surface area (Å²) >= 11 is 0. The van der Waals surface area contributed by atoms with Gasteiger partial charge >= 0.3 is 0 Å². The highest BCUT2D eigenvalue weighted by Gasteiger charge is 2.07. The highest BCUT2D eigenvalue weighted by Crippen LogP contribution is 2.31. The molecule has 3 rings (SSSR count). The number of rotatable bonds is 3. The SMILES string of the molecule is COc1ccc(-c2ccncc2-c2ccccc2)cc1. The molecule has 20 heavy (non-hydrogen) atoms. The molecule has 0 spiro atoms. The van der Waals surface area contributed by atoms with Crippen LogP contribution in [0.15, 0.2) is 73.1 Å². The largest absolute Gasteiger partial charge is 0.497 e. The number of aromatic nitrogens is 1. The van der Waals surface area contributed by atoms with Crippen molar-refractivity contribution in [3.05, 3.63) is 73.1 Å². The lowest BCUT2D eigenvalue weighted by Crippen LogP contribution is -1.87. The van der Waals surface area contributed by atoms with Gasteiger partial charge in [-0.25, -0.2) is 0 Å². The Kier molecular flexibility index (Phi) is 3.46. The van der Waals surface area contributed by atoms with Gasteiger partial charge in [-0.2, -0.15) is 0 Å². The van der Waals surface area contributed by atoms with E-state index in [1.165, 1.54) is 11.1 Å². The Balaban J connectivity index is 2.10. The van der Waals surface area contributed by atoms with Crippen molar-refractivity contribution in [1.82, 2.24) is 4.98 Å². The molecule has 0 bridgehead atoms. The predicted molar refractivity (Wildman–Crippen MR) is 81.7 cm³/mol. The second kappa shape index (κ2) is 5.57. The quantitative estimate of drug-likeness (QED) is 0.696. The second-order valence-corrected chi connectivity index (χ2v) is 4.52. The third-order valence-corrected chi connectivity index (χ3v) is 3.31. The number of ether oxygens (including phenoxy) is 1. The fourth-order valence-electron chi connectivity index (χ4n) is 2.26. The van der Waals surface area contributed by atoms with Gasteiger partial charge in [0.2, 0.25) is 0 Å². The van der Waals surface area contributed by atoms with E-state index >= 15 is 0 Å². The number of pyridine rings is 1. The monoisotopic (exact) mass is 261 g/mol. The van der Waals surface area contributed by atoms with Crippen molar-refractivity contribution < 1.29 is 4.74 Å². The van der Waals surface area contributed by atoms with Crippen molar-refractivity contribution in [2.75, 3.05) is 7.11 Å². The summed E-state index contributed by atoms with van der Waals surface area (Å²) in [6, 6.07) is 20.4. The Bertz CT molecular complexity index is 690. The molecule has 0 saturated heterocycles. The normalized spacial score (nSPS) is 10.2. The van der Waals surface area contributed by atoms with Crippen molar-refractivity contribution in [3.63, 3.8) is 0 Å². The van der Waals surface area contributed by atoms with Crippen LogP contribution in [0.4, 0.5) is 0 Å². The van der Waals surface area contributed by atoms with Gasteiger partial charge in [0.05, 0.1) is 7.11 Å². The summed E-state index contributed by atoms with van der Waals surface area (Å²) in [5.74, 6) is 0.865. The van der Waals surface area contributed by atoms with E-state index in [-0.39, 0.29) is 0 Å². The van der Waals surface area contributed by atoms with Crippen LogP contribution in [0.25, 0.3) is 22.3 Å². The van der Waals surface area contributed by atoms with Gasteiger partial charge in [-0.1, -0.05) is 42.5 Å². The molecule has 0 aliphatic carbocycles. The lowest BCUT2D eigenvalue weighted by molar-refractivity contribution is 0.415. The van der Waals surface area contributed by atoms with E-state index in [9.17, 15) is 0 Å². The van der Waals surface area contributed by atoms with Gasteiger partial charge in [-0.05, 0) is 34.9 Å². The maximum atomic E-state index is 5.21. The molecule has 0 saturated carbocycles. The van der Waals surface area contributed by atoms with Gasteiger partial charge in [-0.3, -0.25) is 4.98 Å². The van der Waals surface area contributed by atoms with Crippen molar-refractivity contribution in [2.24, 2.45) is 0 Å². The Morgan fingerprint density at radius 1 is 0.750 bits per heavy atom. The molecule has 2 aromatic carbocycles. The molecule has 0 unspecified atom stereocenters. The van der Waals surface area contributed by atoms with Gasteiger partial charge in [-0.15, -0.1) is 0 Å². The maximum Gasteiger partial charge on any atom is 0.118 e. The zero-order valence-corrected chi connectivity index (χ0v) is 11.3. The van der Waals surface area contributed by atoms with Crippen LogP contribution < -0.4 is 4.74 Å². The molecule has 0 N–H and O–H groups in total. The molecule has 2 heteroatoms. The van der Waals surface area contributed by atoms with Gasteiger partial charge in [0, 0.05) is 18.0 Å². The van der Waals surface area contributed by atoms with E-state index in [0.29, 0.717) is 0 Å². The number of hydrogen-bond acceptors (Lipinski definition) is 2. The van der Waals surface area contributed by atoms with Crippen LogP contribution in [0.3, 0.4) is 0 Å². The molecule has 0 radical (unpaired) electrons. The molecular formula is C18H15NO. The smallest absolute Gasteiger partial charge is 0.118 e. The minimum Gasteiger partial charge on any atom is -0.497 e. The predicted octanol–water partition coefficient (Wildman–Crippen LogP) is 4.42. The van der Waals surface area contributed by atoms with Crippen molar-refractivity contribution in [1.29, 1.82) is 0 Å². The van der Waals surface area contributed by atoms with E-state index < -0.39 is 0 Å². The minimum atomic E-state index is 0.865. The van der Waals surface area contributed by atoms with Crippen LogP contribution in [0.5, 0.6) is 5.75 Å². The molecule has 3 aromatic rings. The van der Waals surface area contributed by atoms with Crippen molar-refractivity contribution >= 4 is 0 Å². The standard InChI is InChI=1S/C18H15NO/c1-20-16-9-7-15(8-10-16)17-11-12-19-13-18(17)14-5-3-2-4-6-14/h2-13H,1H3. The number of methoxy groups -OCH3 is 1. The average molecular weight is 261 g/mol. The summed E-state index contributed by atoms with van der Waals surface area (Å²) < 4.78 is 5.21. The van der Waals surface area contributed by atoms with E-state index in [0.717, 1.165) is 16.9 Å². The molecule has 0 aliphatic rings. The van der Waals surface area contributed by atoms with Gasteiger partial charge in [0.15, 0.2) is 0 Å². The molecule has 0 amide bonds. The molecule has 98 valence electrons. The molecule has 0 atom stereocenters. The first-order valence-electron chi connectivity index (χ1n) is 6.52. The first-order chi connectivity index (χ1) is 9.88. The van der Waals surface area contributed by atoms with Crippen LogP contribution in [-0.4, -0.2) is 12.1 Å². The lowest BCUT2D eigenvalue weighted by atomic mass is 9.97. The van der Waals surface area contributed by atoms with E-state index in [1.807, 2.05) is 48.8 Å². The van der Waals surface area contributed by atoms with E-state index in [1.54, 1.807) is 7.11 Å². The number of nitrogens with zero attached hydrogens (tertiary/aromatic N) is 1. The van der Waals surface area contributed by atoms with Crippen LogP contribution in [0, 0.1) is 0 Å². The lowest BCUT2D eigenvalue weighted by Gasteiger charge is -2.10. The molecular weight excluding hydrogens is 246 g/mol. The zero-order chi connectivity index (χ0) is 13.8. The van der Waals surface area contributed by atoms with Crippen LogP contribution in [0.1, 0.15) is 0 Å². The summed E-state index contributed by atoms with van der Waals surface area (Å²) in [5.41, 5.74) is 4.64. The van der Waals surface area contributed by atoms with E-state index in [4.69, 9.17) is 4.74 Å². The zero-order valence-electron chi connectivity index (χ0n) is 11.3. The summed E-state index contributed by atoms with van der Waals surface area (Å²) in [6.07, 6.45) is 3.74. The molecule has 2 nitrogen and oxygen atoms in total. The van der Waals surface area contributed by atoms with Gasteiger partial charge in [0.25, 0.3) is 0 Å². The first kappa shape index (κ1) is 12.4. The Labute approximate surface area is 118 Å². The maximum absolute atomic E-state index is 5.21. The topological polar surface area (TPSA) is 22.1 Å². The van der Waals surface area contributed by atoms with Crippen molar-refractivity contribution in [2.45, 2.75) is 0 Å². The number of hydrogen-bond donors (Lipinski definition) is 0. The van der Waals surface area contributed by atoms with Crippen LogP contribution in [0.2, 0.25) is 0 Å². The summed E-state index contributed by atoms with van der Waals surface area (Å²) in [7, 11) is 1.68. The first-order valence-corrected chi connectivity index (χ1v) is 6.52. The summed E-state index contributed by atoms with van der Waals surface area (Å²) in [5, 5.41) is 0. The average Bonchev–Trinajstić information content (AvgIpc) is 2.56. The van der Waals surface area contributed by atoms with Crippen LogP contribution >= 0.6 is 0 Å². The number of benzene rings is 2. The van der Waals surface area contributed by atoms with Gasteiger partial charge < -0.3 is 4.74 Å². The fourth-order valence-corrected chi connectivity index (χ4v) is 2.26. The summed E-state index contributed by atoms with van der Waals surface area (Å²) in [6.45, 7) is 0. The second-order valence-electron chi connectivity index (χ2n) is 4.52. The highest BCUT2D eigenvalue weighted by molar-refractivity contribution is 5.82. The fraction of sp³-hybridized carbons (Fsp3) is 0.0556. The highest BCUT2D eigenvalue weighted by atomic mass is 16.5. The third kappa shape index (κ3) is 2.41. The summed E-state index contributed by atoms with van der Waals surface area (Å²) in [4.78, 5) is 4.26. The Morgan fingerprint density at radius 3 is 2.15 bits per heavy atom. The van der Waals surface area contributed by atoms with E-state index in [2.05, 4.69) is 29.2 Å². The molecule has 0 fully saturated rings. The Morgan fingerprint density at radius 2 is 1.45 bits per heavy atom. The van der Waals surface area contributed by atoms with Crippen LogP contribution in [-0.2, 0) is 0 Å². The minimum absolute atomic E-state index is 0.865. The van der Waals surface area contributed by atoms with Gasteiger partial charge in [0.1, 0.15) is 5.75 Å².